The number of nitrogens with zero attached hydrogens (tertiary/aromatic N) is 1. The average molecular weight is 268 g/mol. The highest BCUT2D eigenvalue weighted by molar-refractivity contribution is 5.79. The molecular weight excluding hydrogens is 244 g/mol. The zero-order valence-electron chi connectivity index (χ0n) is 11.4. The average Bonchev–Trinajstić information content (AvgIpc) is 2.84. The van der Waals surface area contributed by atoms with Crippen molar-refractivity contribution in [2.24, 2.45) is 17.6 Å². The van der Waals surface area contributed by atoms with Crippen LogP contribution in [0.2, 0.25) is 0 Å². The Morgan fingerprint density at radius 2 is 2.05 bits per heavy atom. The van der Waals surface area contributed by atoms with Gasteiger partial charge in [-0.1, -0.05) is 6.42 Å². The van der Waals surface area contributed by atoms with E-state index in [0.717, 1.165) is 45.2 Å². The monoisotopic (exact) mass is 268 g/mol. The highest BCUT2D eigenvalue weighted by Gasteiger charge is 2.33. The van der Waals surface area contributed by atoms with E-state index in [9.17, 15) is 9.59 Å². The number of aliphatic carboxylic acids is 1. The molecule has 1 heterocycles. The number of rotatable bonds is 4. The molecule has 0 bridgehead atoms. The van der Waals surface area contributed by atoms with E-state index in [-0.39, 0.29) is 24.3 Å². The first-order valence-corrected chi connectivity index (χ1v) is 7.32. The van der Waals surface area contributed by atoms with Crippen molar-refractivity contribution in [1.29, 1.82) is 0 Å². The van der Waals surface area contributed by atoms with Gasteiger partial charge in [0.1, 0.15) is 0 Å². The molecule has 2 fully saturated rings. The quantitative estimate of drug-likeness (QED) is 0.803. The fourth-order valence-electron chi connectivity index (χ4n) is 3.31. The van der Waals surface area contributed by atoms with Crippen LogP contribution in [0.4, 0.5) is 0 Å². The molecule has 5 nitrogen and oxygen atoms in total. The summed E-state index contributed by atoms with van der Waals surface area (Å²) in [7, 11) is 0. The molecule has 0 aromatic heterocycles. The predicted octanol–water partition coefficient (Wildman–Crippen LogP) is 1.22. The largest absolute Gasteiger partial charge is 0.481 e. The normalized spacial score (nSPS) is 31.4. The molecule has 1 saturated heterocycles. The maximum absolute atomic E-state index is 12.4. The number of carboxylic acid groups (broad SMARTS) is 1. The molecule has 2 rings (SSSR count). The second-order valence-corrected chi connectivity index (χ2v) is 5.99. The Balaban J connectivity index is 1.79. The molecule has 0 aromatic carbocycles. The minimum absolute atomic E-state index is 0.0990. The number of hydrogen-bond donors (Lipinski definition) is 2. The molecule has 3 N–H and O–H groups in total. The van der Waals surface area contributed by atoms with Gasteiger partial charge in [-0.3, -0.25) is 9.59 Å². The van der Waals surface area contributed by atoms with Crippen LogP contribution in [0.15, 0.2) is 0 Å². The fourth-order valence-corrected chi connectivity index (χ4v) is 3.31. The maximum atomic E-state index is 12.4. The molecule has 2 aliphatic rings. The van der Waals surface area contributed by atoms with Crippen molar-refractivity contribution in [2.75, 3.05) is 13.1 Å². The molecule has 0 spiro atoms. The molecule has 19 heavy (non-hydrogen) atoms. The van der Waals surface area contributed by atoms with Crippen molar-refractivity contribution in [3.8, 4) is 0 Å². The lowest BCUT2D eigenvalue weighted by atomic mass is 9.85. The van der Waals surface area contributed by atoms with E-state index in [1.165, 1.54) is 0 Å². The van der Waals surface area contributed by atoms with E-state index in [1.54, 1.807) is 0 Å². The van der Waals surface area contributed by atoms with Crippen LogP contribution in [-0.4, -0.2) is 41.0 Å². The molecule has 3 atom stereocenters. The Morgan fingerprint density at radius 3 is 2.74 bits per heavy atom. The zero-order chi connectivity index (χ0) is 13.8. The van der Waals surface area contributed by atoms with Gasteiger partial charge in [-0.2, -0.15) is 0 Å². The van der Waals surface area contributed by atoms with Gasteiger partial charge in [0, 0.05) is 31.5 Å². The summed E-state index contributed by atoms with van der Waals surface area (Å²) in [6.45, 7) is 1.52. The minimum atomic E-state index is -0.747. The van der Waals surface area contributed by atoms with Crippen LogP contribution in [0.3, 0.4) is 0 Å². The minimum Gasteiger partial charge on any atom is -0.481 e. The summed E-state index contributed by atoms with van der Waals surface area (Å²) in [4.78, 5) is 24.9. The summed E-state index contributed by atoms with van der Waals surface area (Å²) >= 11 is 0. The molecule has 0 aromatic rings. The van der Waals surface area contributed by atoms with Gasteiger partial charge in [-0.25, -0.2) is 0 Å². The van der Waals surface area contributed by atoms with Crippen LogP contribution >= 0.6 is 0 Å². The number of carbonyl (C=O) groups is 2. The number of amides is 1. The third-order valence-corrected chi connectivity index (χ3v) is 4.43. The summed E-state index contributed by atoms with van der Waals surface area (Å²) in [5.74, 6) is -0.0460. The molecule has 1 saturated carbocycles. The van der Waals surface area contributed by atoms with E-state index in [1.807, 2.05) is 4.90 Å². The van der Waals surface area contributed by atoms with Crippen LogP contribution in [0, 0.1) is 11.8 Å². The molecule has 1 aliphatic heterocycles. The summed E-state index contributed by atoms with van der Waals surface area (Å²) in [5.41, 5.74) is 5.93. The van der Waals surface area contributed by atoms with Gasteiger partial charge in [-0.05, 0) is 38.0 Å². The van der Waals surface area contributed by atoms with Crippen molar-refractivity contribution in [1.82, 2.24) is 4.90 Å². The highest BCUT2D eigenvalue weighted by atomic mass is 16.4. The zero-order valence-corrected chi connectivity index (χ0v) is 11.4. The van der Waals surface area contributed by atoms with Crippen molar-refractivity contribution in [3.63, 3.8) is 0 Å². The lowest BCUT2D eigenvalue weighted by Gasteiger charge is -2.29. The lowest BCUT2D eigenvalue weighted by Crippen LogP contribution is -2.39. The fraction of sp³-hybridized carbons (Fsp3) is 0.857. The van der Waals surface area contributed by atoms with Gasteiger partial charge >= 0.3 is 5.97 Å². The summed E-state index contributed by atoms with van der Waals surface area (Å²) in [6, 6.07) is 0.174. The Morgan fingerprint density at radius 1 is 1.26 bits per heavy atom. The molecule has 3 unspecified atom stereocenters. The molecular formula is C14H24N2O3. The van der Waals surface area contributed by atoms with Gasteiger partial charge in [0.2, 0.25) is 5.91 Å². The molecule has 1 amide bonds. The van der Waals surface area contributed by atoms with Crippen molar-refractivity contribution >= 4 is 11.9 Å². The van der Waals surface area contributed by atoms with Gasteiger partial charge in [0.15, 0.2) is 0 Å². The first kappa shape index (κ1) is 14.3. The predicted molar refractivity (Wildman–Crippen MR) is 71.5 cm³/mol. The van der Waals surface area contributed by atoms with Crippen LogP contribution in [0.1, 0.15) is 44.9 Å². The number of nitrogens with two attached hydrogens (primary N) is 1. The number of hydrogen-bond acceptors (Lipinski definition) is 3. The second-order valence-electron chi connectivity index (χ2n) is 5.99. The molecule has 5 heteroatoms. The van der Waals surface area contributed by atoms with E-state index in [4.69, 9.17) is 10.8 Å². The van der Waals surface area contributed by atoms with E-state index in [2.05, 4.69) is 0 Å². The summed E-state index contributed by atoms with van der Waals surface area (Å²) < 4.78 is 0. The Hall–Kier alpha value is -1.10. The van der Waals surface area contributed by atoms with Gasteiger partial charge in [0.25, 0.3) is 0 Å². The molecule has 1 aliphatic carbocycles. The van der Waals surface area contributed by atoms with Crippen LogP contribution < -0.4 is 5.73 Å². The van der Waals surface area contributed by atoms with E-state index >= 15 is 0 Å². The number of carboxylic acids is 1. The first-order valence-electron chi connectivity index (χ1n) is 7.32. The third kappa shape index (κ3) is 3.93. The van der Waals surface area contributed by atoms with Crippen LogP contribution in [0.25, 0.3) is 0 Å². The van der Waals surface area contributed by atoms with E-state index in [0.29, 0.717) is 12.3 Å². The second kappa shape index (κ2) is 6.37. The van der Waals surface area contributed by atoms with Gasteiger partial charge < -0.3 is 15.7 Å². The summed E-state index contributed by atoms with van der Waals surface area (Å²) in [5, 5.41) is 8.69. The van der Waals surface area contributed by atoms with Crippen molar-refractivity contribution in [3.05, 3.63) is 0 Å². The standard InChI is InChI=1S/C14H24N2O3/c15-12-3-1-2-11(8-12)14(19)16-7-6-10(9-16)4-5-13(17)18/h10-12H,1-9,15H2,(H,17,18). The highest BCUT2D eigenvalue weighted by Crippen LogP contribution is 2.28. The molecule has 108 valence electrons. The smallest absolute Gasteiger partial charge is 0.303 e. The number of likely N-dealkylation sites (tertiary alicyclic amines) is 1. The third-order valence-electron chi connectivity index (χ3n) is 4.43. The maximum Gasteiger partial charge on any atom is 0.303 e. The van der Waals surface area contributed by atoms with Crippen LogP contribution in [-0.2, 0) is 9.59 Å². The van der Waals surface area contributed by atoms with Crippen molar-refractivity contribution in [2.45, 2.75) is 51.0 Å². The topological polar surface area (TPSA) is 83.6 Å². The molecule has 0 radical (unpaired) electrons. The van der Waals surface area contributed by atoms with Gasteiger partial charge in [0.05, 0.1) is 0 Å². The Labute approximate surface area is 114 Å². The van der Waals surface area contributed by atoms with Crippen molar-refractivity contribution < 1.29 is 14.7 Å². The lowest BCUT2D eigenvalue weighted by molar-refractivity contribution is -0.137. The Bertz CT molecular complexity index is 346. The number of carbonyl (C=O) groups excluding carboxylic acids is 1. The SMILES string of the molecule is NC1CCCC(C(=O)N2CCC(CCC(=O)O)C2)C1. The first-order chi connectivity index (χ1) is 9.06. The van der Waals surface area contributed by atoms with Crippen LogP contribution in [0.5, 0.6) is 0 Å². The van der Waals surface area contributed by atoms with E-state index < -0.39 is 5.97 Å². The summed E-state index contributed by atoms with van der Waals surface area (Å²) in [6.07, 6.45) is 5.69. The Kier molecular flexibility index (Phi) is 4.80. The van der Waals surface area contributed by atoms with Gasteiger partial charge in [-0.15, -0.1) is 0 Å².